The molecule has 208 valence electrons. The van der Waals surface area contributed by atoms with Gasteiger partial charge >= 0.3 is 0 Å². The first-order chi connectivity index (χ1) is 25.9. The highest BCUT2D eigenvalue weighted by molar-refractivity contribution is 9.10. The van der Waals surface area contributed by atoms with Crippen molar-refractivity contribution in [3.63, 3.8) is 0 Å². The van der Waals surface area contributed by atoms with Crippen LogP contribution in [0.15, 0.2) is 174 Å². The number of hydrogen-bond donors (Lipinski definition) is 0. The van der Waals surface area contributed by atoms with Gasteiger partial charge in [-0.1, -0.05) is 149 Å². The Bertz CT molecular complexity index is 2810. The Morgan fingerprint density at radius 2 is 1.07 bits per heavy atom. The molecule has 0 aliphatic rings. The average Bonchev–Trinajstić information content (AvgIpc) is 3.51. The molecule has 1 heterocycles. The van der Waals surface area contributed by atoms with Crippen molar-refractivity contribution in [1.29, 1.82) is 0 Å². The van der Waals surface area contributed by atoms with Crippen LogP contribution in [0.1, 0.15) is 13.7 Å². The zero-order valence-corrected chi connectivity index (χ0v) is 24.8. The molecule has 0 amide bonds. The van der Waals surface area contributed by atoms with E-state index in [1.165, 1.54) is 0 Å². The molecular formula is C42H28BrN. The minimum absolute atomic E-state index is 0.0603. The van der Waals surface area contributed by atoms with Crippen molar-refractivity contribution >= 4 is 37.7 Å². The van der Waals surface area contributed by atoms with Crippen molar-refractivity contribution in [2.45, 2.75) is 0 Å². The predicted octanol–water partition coefficient (Wildman–Crippen LogP) is 12.2. The molecule has 0 N–H and O–H groups in total. The molecule has 1 aromatic heterocycles. The zero-order chi connectivity index (χ0) is 38.2. The van der Waals surface area contributed by atoms with E-state index < -0.39 is 60.4 Å². The lowest BCUT2D eigenvalue weighted by Gasteiger charge is -2.17. The summed E-state index contributed by atoms with van der Waals surface area (Å²) in [6.07, 6.45) is 0. The number of para-hydroxylation sites is 1. The van der Waals surface area contributed by atoms with Gasteiger partial charge in [-0.3, -0.25) is 0 Å². The summed E-state index contributed by atoms with van der Waals surface area (Å²) in [5, 5.41) is 1.86. The molecule has 0 aliphatic heterocycles. The number of aromatic nitrogens is 1. The maximum Gasteiger partial charge on any atom is 0.0629 e. The summed E-state index contributed by atoms with van der Waals surface area (Å²) in [6.45, 7) is 0. The molecule has 0 radical (unpaired) electrons. The van der Waals surface area contributed by atoms with Crippen LogP contribution >= 0.6 is 15.9 Å². The number of nitrogens with zero attached hydrogens (tertiary/aromatic N) is 1. The minimum Gasteiger partial charge on any atom is -0.309 e. The summed E-state index contributed by atoms with van der Waals surface area (Å²) in [7, 11) is 0. The highest BCUT2D eigenvalue weighted by Crippen LogP contribution is 2.41. The Hall–Kier alpha value is -5.18. The van der Waals surface area contributed by atoms with Crippen LogP contribution in [0, 0.1) is 0 Å². The summed E-state index contributed by atoms with van der Waals surface area (Å²) in [5.41, 5.74) is 6.40. The Labute approximate surface area is 279 Å². The lowest BCUT2D eigenvalue weighted by Crippen LogP contribution is -1.98. The van der Waals surface area contributed by atoms with Crippen molar-refractivity contribution < 1.29 is 13.7 Å². The molecule has 0 saturated carbocycles. The zero-order valence-electron chi connectivity index (χ0n) is 33.2. The molecule has 1 nitrogen and oxygen atoms in total. The topological polar surface area (TPSA) is 4.93 Å². The Morgan fingerprint density at radius 3 is 1.82 bits per heavy atom. The minimum atomic E-state index is -0.539. The van der Waals surface area contributed by atoms with Crippen LogP contribution < -0.4 is 0 Å². The predicted molar refractivity (Wildman–Crippen MR) is 190 cm³/mol. The van der Waals surface area contributed by atoms with Gasteiger partial charge < -0.3 is 4.57 Å². The van der Waals surface area contributed by atoms with Gasteiger partial charge in [0.2, 0.25) is 0 Å². The third kappa shape index (κ3) is 4.65. The molecule has 44 heavy (non-hydrogen) atoms. The summed E-state index contributed by atoms with van der Waals surface area (Å²) >= 11 is 3.60. The van der Waals surface area contributed by atoms with Crippen molar-refractivity contribution in [2.24, 2.45) is 0 Å². The van der Waals surface area contributed by atoms with Crippen molar-refractivity contribution in [3.05, 3.63) is 174 Å². The second-order valence-corrected chi connectivity index (χ2v) is 11.3. The molecule has 8 aromatic rings. The number of halogens is 1. The van der Waals surface area contributed by atoms with Crippen molar-refractivity contribution in [3.8, 4) is 50.2 Å². The average molecular weight is 637 g/mol. The third-order valence-corrected chi connectivity index (χ3v) is 8.34. The van der Waals surface area contributed by atoms with E-state index in [1.54, 1.807) is 18.2 Å². The highest BCUT2D eigenvalue weighted by Gasteiger charge is 2.18. The van der Waals surface area contributed by atoms with Gasteiger partial charge in [-0.25, -0.2) is 0 Å². The van der Waals surface area contributed by atoms with Crippen molar-refractivity contribution in [1.82, 2.24) is 4.57 Å². The van der Waals surface area contributed by atoms with Gasteiger partial charge in [0.1, 0.15) is 0 Å². The summed E-state index contributed by atoms with van der Waals surface area (Å²) in [6, 6.07) is 30.4. The molecule has 0 atom stereocenters. The van der Waals surface area contributed by atoms with E-state index in [2.05, 4.69) is 58.4 Å². The Kier molecular flexibility index (Phi) is 4.51. The van der Waals surface area contributed by atoms with Crippen LogP contribution in [0.3, 0.4) is 0 Å². The molecule has 0 unspecified atom stereocenters. The molecule has 8 rings (SSSR count). The van der Waals surface area contributed by atoms with Gasteiger partial charge in [0, 0.05) is 20.8 Å². The van der Waals surface area contributed by atoms with E-state index in [0.717, 1.165) is 48.5 Å². The lowest BCUT2D eigenvalue weighted by molar-refractivity contribution is 1.18. The maximum atomic E-state index is 9.00. The number of rotatable bonds is 5. The van der Waals surface area contributed by atoms with Gasteiger partial charge in [0.15, 0.2) is 0 Å². The van der Waals surface area contributed by atoms with E-state index in [1.807, 2.05) is 53.1 Å². The first-order valence-electron chi connectivity index (χ1n) is 19.1. The van der Waals surface area contributed by atoms with Crippen LogP contribution in [-0.4, -0.2) is 4.57 Å². The highest BCUT2D eigenvalue weighted by atomic mass is 79.9. The van der Waals surface area contributed by atoms with E-state index in [0.29, 0.717) is 5.69 Å². The van der Waals surface area contributed by atoms with Gasteiger partial charge in [-0.15, -0.1) is 0 Å². The fourth-order valence-electron chi connectivity index (χ4n) is 5.91. The fraction of sp³-hybridized carbons (Fsp3) is 0. The summed E-state index contributed by atoms with van der Waals surface area (Å²) in [5.74, 6) is 0. The maximum absolute atomic E-state index is 9.00. The first kappa shape index (κ1) is 17.8. The largest absolute Gasteiger partial charge is 0.309 e. The number of fused-ring (bicyclic) bond motifs is 3. The van der Waals surface area contributed by atoms with Crippen LogP contribution in [0.5, 0.6) is 0 Å². The SMILES string of the molecule is [2H]c1c([2H])c([2H])c(-c2ccc(-n3c4ccccc4c4ccc(-c5ccccc5-c5cccc(Br)c5)cc43)c(-c3c([2H])c([2H])c([2H])c([2H])c3[2H])c2)c([2H])c1[2H]. The summed E-state index contributed by atoms with van der Waals surface area (Å²) < 4.78 is 88.5. The van der Waals surface area contributed by atoms with Gasteiger partial charge in [-0.2, -0.15) is 0 Å². The molecule has 2 heteroatoms. The Balaban J connectivity index is 1.48. The van der Waals surface area contributed by atoms with Crippen molar-refractivity contribution in [2.75, 3.05) is 0 Å². The molecular weight excluding hydrogens is 598 g/mol. The standard InChI is InChI=1S/C42H28BrN/c43-34-17-11-16-32(26-34)35-18-7-8-19-36(35)33-22-24-38-37-20-9-10-21-40(37)44(42(38)28-33)41-25-23-31(29-12-3-1-4-13-29)27-39(41)30-14-5-2-6-15-30/h1-28H/i1D,2D,3D,4D,5D,6D,12D,13D,14D,15D. The molecule has 0 fully saturated rings. The monoisotopic (exact) mass is 635 g/mol. The molecule has 0 spiro atoms. The van der Waals surface area contributed by atoms with E-state index in [4.69, 9.17) is 13.7 Å². The van der Waals surface area contributed by atoms with E-state index in [-0.39, 0.29) is 22.3 Å². The van der Waals surface area contributed by atoms with Gasteiger partial charge in [0.05, 0.1) is 30.4 Å². The molecule has 0 bridgehead atoms. The normalized spacial score (nSPS) is 14.5. The molecule has 7 aromatic carbocycles. The Morgan fingerprint density at radius 1 is 0.432 bits per heavy atom. The summed E-state index contributed by atoms with van der Waals surface area (Å²) in [4.78, 5) is 0. The van der Waals surface area contributed by atoms with Crippen LogP contribution in [0.4, 0.5) is 0 Å². The van der Waals surface area contributed by atoms with Gasteiger partial charge in [-0.05, 0) is 75.3 Å². The second-order valence-electron chi connectivity index (χ2n) is 10.4. The van der Waals surface area contributed by atoms with E-state index in [9.17, 15) is 0 Å². The lowest BCUT2D eigenvalue weighted by atomic mass is 9.94. The van der Waals surface area contributed by atoms with Gasteiger partial charge in [0.25, 0.3) is 0 Å². The quantitative estimate of drug-likeness (QED) is 0.177. The molecule has 0 aliphatic carbocycles. The second kappa shape index (κ2) is 11.1. The first-order valence-corrected chi connectivity index (χ1v) is 14.9. The van der Waals surface area contributed by atoms with E-state index >= 15 is 0 Å². The van der Waals surface area contributed by atoms with Crippen LogP contribution in [0.2, 0.25) is 0 Å². The van der Waals surface area contributed by atoms with Crippen LogP contribution in [0.25, 0.3) is 72.0 Å². The fourth-order valence-corrected chi connectivity index (χ4v) is 6.31. The number of hydrogen-bond acceptors (Lipinski definition) is 0. The van der Waals surface area contributed by atoms with Crippen LogP contribution in [-0.2, 0) is 0 Å². The number of benzene rings is 7. The molecule has 0 saturated heterocycles. The smallest absolute Gasteiger partial charge is 0.0629 e. The third-order valence-electron chi connectivity index (χ3n) is 7.84.